The highest BCUT2D eigenvalue weighted by Gasteiger charge is 2.19. The van der Waals surface area contributed by atoms with E-state index in [0.717, 1.165) is 0 Å². The van der Waals surface area contributed by atoms with Crippen molar-refractivity contribution in [2.75, 3.05) is 5.32 Å². The molecule has 0 saturated carbocycles. The van der Waals surface area contributed by atoms with E-state index in [0.29, 0.717) is 27.4 Å². The fraction of sp³-hybridized carbons (Fsp3) is 0.238. The summed E-state index contributed by atoms with van der Waals surface area (Å²) in [6.45, 7) is 1.48. The smallest absolute Gasteiger partial charge is 0.307 e. The van der Waals surface area contributed by atoms with Gasteiger partial charge in [-0.25, -0.2) is 4.98 Å². The van der Waals surface area contributed by atoms with Gasteiger partial charge in [-0.1, -0.05) is 35.9 Å². The molecule has 2 aromatic carbocycles. The molecule has 1 atom stereocenters. The molecule has 0 radical (unpaired) electrons. The third-order valence-electron chi connectivity index (χ3n) is 4.44. The SMILES string of the molecule is CC(OC(=O)CCc1nc2ccccc2c(=O)n1C)C(=O)Nc1ccccc1Cl. The number of amides is 1. The Bertz CT molecular complexity index is 1130. The Morgan fingerprint density at radius 1 is 1.17 bits per heavy atom. The molecule has 1 amide bonds. The number of nitrogens with one attached hydrogen (secondary N) is 1. The maximum absolute atomic E-state index is 12.4. The van der Waals surface area contributed by atoms with Gasteiger partial charge in [-0.05, 0) is 31.2 Å². The van der Waals surface area contributed by atoms with E-state index in [1.165, 1.54) is 11.5 Å². The van der Waals surface area contributed by atoms with Crippen molar-refractivity contribution >= 4 is 40.1 Å². The number of hydrogen-bond donors (Lipinski definition) is 1. The molecule has 1 aromatic heterocycles. The number of benzene rings is 2. The Kier molecular flexibility index (Phi) is 6.29. The van der Waals surface area contributed by atoms with E-state index in [1.807, 2.05) is 0 Å². The van der Waals surface area contributed by atoms with Crippen molar-refractivity contribution in [1.29, 1.82) is 0 Å². The normalized spacial score (nSPS) is 11.8. The molecule has 1 heterocycles. The third kappa shape index (κ3) is 4.81. The maximum atomic E-state index is 12.4. The molecule has 7 nitrogen and oxygen atoms in total. The van der Waals surface area contributed by atoms with E-state index in [9.17, 15) is 14.4 Å². The minimum Gasteiger partial charge on any atom is -0.453 e. The Balaban J connectivity index is 1.60. The minimum absolute atomic E-state index is 0.0116. The molecule has 0 aliphatic carbocycles. The van der Waals surface area contributed by atoms with E-state index in [1.54, 1.807) is 55.6 Å². The van der Waals surface area contributed by atoms with Crippen molar-refractivity contribution < 1.29 is 14.3 Å². The quantitative estimate of drug-likeness (QED) is 0.627. The average Bonchev–Trinajstić information content (AvgIpc) is 2.71. The Morgan fingerprint density at radius 3 is 2.62 bits per heavy atom. The molecule has 0 aliphatic rings. The number of fused-ring (bicyclic) bond motifs is 1. The van der Waals surface area contributed by atoms with Gasteiger partial charge in [-0.3, -0.25) is 19.0 Å². The van der Waals surface area contributed by atoms with Crippen LogP contribution in [-0.4, -0.2) is 27.5 Å². The number of rotatable bonds is 6. The van der Waals surface area contributed by atoms with Gasteiger partial charge in [-0.15, -0.1) is 0 Å². The Morgan fingerprint density at radius 2 is 1.86 bits per heavy atom. The van der Waals surface area contributed by atoms with Crippen LogP contribution in [0.1, 0.15) is 19.2 Å². The van der Waals surface area contributed by atoms with Crippen LogP contribution in [0.4, 0.5) is 5.69 Å². The molecule has 0 spiro atoms. The number of halogens is 1. The second kappa shape index (κ2) is 8.87. The zero-order valence-corrected chi connectivity index (χ0v) is 16.8. The lowest BCUT2D eigenvalue weighted by Gasteiger charge is -2.14. The van der Waals surface area contributed by atoms with Gasteiger partial charge in [-0.2, -0.15) is 0 Å². The molecule has 0 aliphatic heterocycles. The number of carbonyl (C=O) groups excluding carboxylic acids is 2. The second-order valence-electron chi connectivity index (χ2n) is 6.51. The van der Waals surface area contributed by atoms with Crippen LogP contribution in [-0.2, 0) is 27.8 Å². The third-order valence-corrected chi connectivity index (χ3v) is 4.77. The van der Waals surface area contributed by atoms with E-state index in [-0.39, 0.29) is 18.4 Å². The average molecular weight is 414 g/mol. The van der Waals surface area contributed by atoms with Crippen LogP contribution in [0.5, 0.6) is 0 Å². The molecular weight excluding hydrogens is 394 g/mol. The summed E-state index contributed by atoms with van der Waals surface area (Å²) in [5, 5.41) is 3.53. The number of anilines is 1. The van der Waals surface area contributed by atoms with Crippen LogP contribution >= 0.6 is 11.6 Å². The zero-order chi connectivity index (χ0) is 21.0. The molecule has 29 heavy (non-hydrogen) atoms. The summed E-state index contributed by atoms with van der Waals surface area (Å²) in [4.78, 5) is 41.2. The molecule has 1 unspecified atom stereocenters. The van der Waals surface area contributed by atoms with E-state index < -0.39 is 18.0 Å². The number of para-hydroxylation sites is 2. The van der Waals surface area contributed by atoms with Crippen molar-refractivity contribution in [1.82, 2.24) is 9.55 Å². The number of hydrogen-bond acceptors (Lipinski definition) is 5. The molecule has 150 valence electrons. The Hall–Kier alpha value is -3.19. The van der Waals surface area contributed by atoms with Gasteiger partial charge in [0.15, 0.2) is 6.10 Å². The topological polar surface area (TPSA) is 90.3 Å². The van der Waals surface area contributed by atoms with Crippen LogP contribution in [0.25, 0.3) is 10.9 Å². The lowest BCUT2D eigenvalue weighted by Crippen LogP contribution is -2.30. The zero-order valence-electron chi connectivity index (χ0n) is 16.0. The van der Waals surface area contributed by atoms with Crippen LogP contribution in [0.2, 0.25) is 5.02 Å². The highest BCUT2D eigenvalue weighted by molar-refractivity contribution is 6.33. The number of aromatic nitrogens is 2. The first-order valence-electron chi connectivity index (χ1n) is 9.06. The van der Waals surface area contributed by atoms with Crippen LogP contribution in [0, 0.1) is 0 Å². The van der Waals surface area contributed by atoms with Gasteiger partial charge < -0.3 is 10.1 Å². The second-order valence-corrected chi connectivity index (χ2v) is 6.92. The summed E-state index contributed by atoms with van der Waals surface area (Å²) >= 11 is 6.01. The van der Waals surface area contributed by atoms with E-state index in [2.05, 4.69) is 10.3 Å². The lowest BCUT2D eigenvalue weighted by atomic mass is 10.2. The highest BCUT2D eigenvalue weighted by Crippen LogP contribution is 2.20. The largest absolute Gasteiger partial charge is 0.453 e. The summed E-state index contributed by atoms with van der Waals surface area (Å²) < 4.78 is 6.61. The Labute approximate surface area is 172 Å². The van der Waals surface area contributed by atoms with Crippen molar-refractivity contribution in [3.8, 4) is 0 Å². The molecular formula is C21H20ClN3O4. The van der Waals surface area contributed by atoms with Crippen molar-refractivity contribution in [2.45, 2.75) is 25.9 Å². The summed E-state index contributed by atoms with van der Waals surface area (Å²) in [5.41, 5.74) is 0.843. The minimum atomic E-state index is -0.993. The van der Waals surface area contributed by atoms with Gasteiger partial charge >= 0.3 is 5.97 Å². The monoisotopic (exact) mass is 413 g/mol. The molecule has 3 rings (SSSR count). The fourth-order valence-corrected chi connectivity index (χ4v) is 2.99. The lowest BCUT2D eigenvalue weighted by molar-refractivity contribution is -0.153. The molecule has 3 aromatic rings. The summed E-state index contributed by atoms with van der Waals surface area (Å²) in [6.07, 6.45) is -0.788. The van der Waals surface area contributed by atoms with Crippen molar-refractivity contribution in [3.05, 3.63) is 69.7 Å². The van der Waals surface area contributed by atoms with Gasteiger partial charge in [0, 0.05) is 13.5 Å². The number of esters is 1. The molecule has 0 fully saturated rings. The number of ether oxygens (including phenoxy) is 1. The van der Waals surface area contributed by atoms with Gasteiger partial charge in [0.05, 0.1) is 28.0 Å². The molecule has 8 heteroatoms. The standard InChI is InChI=1S/C21H20ClN3O4/c1-13(20(27)24-17-10-6-4-8-15(17)22)29-19(26)12-11-18-23-16-9-5-3-7-14(16)21(28)25(18)2/h3-10,13H,11-12H2,1-2H3,(H,24,27). The first kappa shape index (κ1) is 20.5. The van der Waals surface area contributed by atoms with Crippen molar-refractivity contribution in [2.24, 2.45) is 7.05 Å². The van der Waals surface area contributed by atoms with Crippen LogP contribution < -0.4 is 10.9 Å². The molecule has 0 saturated heterocycles. The first-order chi connectivity index (χ1) is 13.9. The first-order valence-corrected chi connectivity index (χ1v) is 9.44. The summed E-state index contributed by atoms with van der Waals surface area (Å²) in [7, 11) is 1.61. The number of aryl methyl sites for hydroxylation is 1. The van der Waals surface area contributed by atoms with Crippen LogP contribution in [0.15, 0.2) is 53.3 Å². The predicted molar refractivity (Wildman–Crippen MR) is 111 cm³/mol. The predicted octanol–water partition coefficient (Wildman–Crippen LogP) is 3.09. The number of nitrogens with zero attached hydrogens (tertiary/aromatic N) is 2. The maximum Gasteiger partial charge on any atom is 0.307 e. The van der Waals surface area contributed by atoms with Crippen molar-refractivity contribution in [3.63, 3.8) is 0 Å². The van der Waals surface area contributed by atoms with Gasteiger partial charge in [0.25, 0.3) is 11.5 Å². The van der Waals surface area contributed by atoms with E-state index >= 15 is 0 Å². The fourth-order valence-electron chi connectivity index (χ4n) is 2.81. The highest BCUT2D eigenvalue weighted by atomic mass is 35.5. The van der Waals surface area contributed by atoms with Gasteiger partial charge in [0.2, 0.25) is 0 Å². The van der Waals surface area contributed by atoms with Crippen LogP contribution in [0.3, 0.4) is 0 Å². The van der Waals surface area contributed by atoms with Gasteiger partial charge in [0.1, 0.15) is 5.82 Å². The molecule has 0 bridgehead atoms. The summed E-state index contributed by atoms with van der Waals surface area (Å²) in [6, 6.07) is 13.8. The molecule has 1 N–H and O–H groups in total. The number of carbonyl (C=O) groups is 2. The van der Waals surface area contributed by atoms with E-state index in [4.69, 9.17) is 16.3 Å². The summed E-state index contributed by atoms with van der Waals surface area (Å²) in [5.74, 6) is -0.573.